The lowest BCUT2D eigenvalue weighted by Crippen LogP contribution is -2.26. The quantitative estimate of drug-likeness (QED) is 0.842. The molecule has 0 unspecified atom stereocenters. The van der Waals surface area contributed by atoms with Crippen LogP contribution in [-0.4, -0.2) is 28.8 Å². The Morgan fingerprint density at radius 1 is 1.15 bits per heavy atom. The number of aromatic nitrogens is 2. The standard InChI is InChI=1S/C21H29FN4O/c1-14(2)19-13-18(24-26(19)21(3,4)5)20(27)23-16-10-15(22)11-17(12-16)25-8-6-7-9-25/h10-14H,6-9H2,1-5H3,(H,23,27). The molecule has 0 radical (unpaired) electrons. The number of carbonyl (C=O) groups excluding carboxylic acids is 1. The zero-order valence-corrected chi connectivity index (χ0v) is 16.8. The Hall–Kier alpha value is -2.37. The summed E-state index contributed by atoms with van der Waals surface area (Å²) in [6, 6.07) is 6.52. The molecular formula is C21H29FN4O. The molecule has 0 saturated carbocycles. The number of benzene rings is 1. The lowest BCUT2D eigenvalue weighted by Gasteiger charge is -2.23. The molecular weight excluding hydrogens is 343 g/mol. The highest BCUT2D eigenvalue weighted by molar-refractivity contribution is 6.03. The summed E-state index contributed by atoms with van der Waals surface area (Å²) >= 11 is 0. The number of amides is 1. The van der Waals surface area contributed by atoms with Gasteiger partial charge in [0.05, 0.1) is 5.54 Å². The summed E-state index contributed by atoms with van der Waals surface area (Å²) in [6.45, 7) is 12.2. The van der Waals surface area contributed by atoms with E-state index in [4.69, 9.17) is 0 Å². The van der Waals surface area contributed by atoms with E-state index in [-0.39, 0.29) is 23.2 Å². The minimum atomic E-state index is -0.349. The van der Waals surface area contributed by atoms with Gasteiger partial charge in [0.1, 0.15) is 5.82 Å². The van der Waals surface area contributed by atoms with Crippen LogP contribution in [0.1, 0.15) is 69.6 Å². The van der Waals surface area contributed by atoms with Crippen molar-refractivity contribution in [2.45, 2.75) is 58.9 Å². The van der Waals surface area contributed by atoms with Crippen molar-refractivity contribution in [2.24, 2.45) is 0 Å². The Morgan fingerprint density at radius 2 is 1.81 bits per heavy atom. The summed E-state index contributed by atoms with van der Waals surface area (Å²) < 4.78 is 16.0. The van der Waals surface area contributed by atoms with E-state index in [0.29, 0.717) is 11.4 Å². The number of carbonyl (C=O) groups is 1. The van der Waals surface area contributed by atoms with E-state index in [1.807, 2.05) is 16.8 Å². The molecule has 146 valence electrons. The summed E-state index contributed by atoms with van der Waals surface area (Å²) in [7, 11) is 0. The minimum absolute atomic E-state index is 0.222. The third kappa shape index (κ3) is 4.31. The Kier molecular flexibility index (Phi) is 5.27. The number of anilines is 2. The highest BCUT2D eigenvalue weighted by atomic mass is 19.1. The maximum absolute atomic E-state index is 14.1. The van der Waals surface area contributed by atoms with Crippen LogP contribution in [0, 0.1) is 5.82 Å². The second-order valence-corrected chi connectivity index (χ2v) is 8.54. The lowest BCUT2D eigenvalue weighted by molar-refractivity contribution is 0.102. The molecule has 3 rings (SSSR count). The van der Waals surface area contributed by atoms with Gasteiger partial charge in [0.2, 0.25) is 0 Å². The zero-order chi connectivity index (χ0) is 19.8. The smallest absolute Gasteiger partial charge is 0.276 e. The Labute approximate surface area is 160 Å². The predicted octanol–water partition coefficient (Wildman–Crippen LogP) is 4.75. The molecule has 1 saturated heterocycles. The van der Waals surface area contributed by atoms with Gasteiger partial charge in [-0.05, 0) is 63.8 Å². The summed E-state index contributed by atoms with van der Waals surface area (Å²) in [6.07, 6.45) is 2.22. The molecule has 1 aromatic carbocycles. The average Bonchev–Trinajstić information content (AvgIpc) is 3.23. The van der Waals surface area contributed by atoms with E-state index >= 15 is 0 Å². The Bertz CT molecular complexity index is 829. The zero-order valence-electron chi connectivity index (χ0n) is 16.8. The van der Waals surface area contributed by atoms with Crippen LogP contribution in [0.2, 0.25) is 0 Å². The fourth-order valence-corrected chi connectivity index (χ4v) is 3.45. The molecule has 1 fully saturated rings. The second kappa shape index (κ2) is 7.33. The van der Waals surface area contributed by atoms with E-state index in [1.165, 1.54) is 12.1 Å². The van der Waals surface area contributed by atoms with Crippen LogP contribution in [0.25, 0.3) is 0 Å². The normalized spacial score (nSPS) is 14.9. The first-order valence-corrected chi connectivity index (χ1v) is 9.62. The summed E-state index contributed by atoms with van der Waals surface area (Å²) in [5.74, 6) is -0.426. The molecule has 2 heterocycles. The van der Waals surface area contributed by atoms with Crippen molar-refractivity contribution in [3.05, 3.63) is 41.5 Å². The number of rotatable bonds is 4. The molecule has 0 atom stereocenters. The lowest BCUT2D eigenvalue weighted by atomic mass is 10.1. The first-order chi connectivity index (χ1) is 12.6. The molecule has 1 amide bonds. The maximum Gasteiger partial charge on any atom is 0.276 e. The molecule has 1 N–H and O–H groups in total. The van der Waals surface area contributed by atoms with E-state index in [2.05, 4.69) is 49.9 Å². The molecule has 5 nitrogen and oxygen atoms in total. The van der Waals surface area contributed by atoms with E-state index in [1.54, 1.807) is 0 Å². The van der Waals surface area contributed by atoms with Crippen molar-refractivity contribution >= 4 is 17.3 Å². The van der Waals surface area contributed by atoms with Crippen molar-refractivity contribution in [1.29, 1.82) is 0 Å². The average molecular weight is 372 g/mol. The van der Waals surface area contributed by atoms with Gasteiger partial charge in [0.15, 0.2) is 5.69 Å². The van der Waals surface area contributed by atoms with E-state index < -0.39 is 0 Å². The van der Waals surface area contributed by atoms with Crippen molar-refractivity contribution < 1.29 is 9.18 Å². The van der Waals surface area contributed by atoms with Crippen LogP contribution < -0.4 is 10.2 Å². The maximum atomic E-state index is 14.1. The van der Waals surface area contributed by atoms with Gasteiger partial charge in [-0.1, -0.05) is 13.8 Å². The van der Waals surface area contributed by atoms with Gasteiger partial charge < -0.3 is 10.2 Å². The van der Waals surface area contributed by atoms with Crippen LogP contribution in [0.3, 0.4) is 0 Å². The topological polar surface area (TPSA) is 50.2 Å². The van der Waals surface area contributed by atoms with E-state index in [9.17, 15) is 9.18 Å². The van der Waals surface area contributed by atoms with Crippen LogP contribution in [0.4, 0.5) is 15.8 Å². The Morgan fingerprint density at radius 3 is 2.37 bits per heavy atom. The molecule has 1 aromatic heterocycles. The molecule has 2 aromatic rings. The van der Waals surface area contributed by atoms with Crippen LogP contribution in [-0.2, 0) is 5.54 Å². The molecule has 6 heteroatoms. The molecule has 0 spiro atoms. The fraction of sp³-hybridized carbons (Fsp3) is 0.524. The van der Waals surface area contributed by atoms with Gasteiger partial charge in [-0.3, -0.25) is 9.48 Å². The van der Waals surface area contributed by atoms with Crippen molar-refractivity contribution in [3.8, 4) is 0 Å². The Balaban J connectivity index is 1.85. The second-order valence-electron chi connectivity index (χ2n) is 8.54. The van der Waals surface area contributed by atoms with Crippen LogP contribution in [0.5, 0.6) is 0 Å². The summed E-state index contributed by atoms with van der Waals surface area (Å²) in [5, 5.41) is 7.33. The van der Waals surface area contributed by atoms with Crippen LogP contribution in [0.15, 0.2) is 24.3 Å². The van der Waals surface area contributed by atoms with E-state index in [0.717, 1.165) is 37.3 Å². The van der Waals surface area contributed by atoms with Crippen molar-refractivity contribution in [2.75, 3.05) is 23.3 Å². The van der Waals surface area contributed by atoms with Gasteiger partial charge in [0.25, 0.3) is 5.91 Å². The first-order valence-electron chi connectivity index (χ1n) is 9.62. The number of hydrogen-bond donors (Lipinski definition) is 1. The number of hydrogen-bond acceptors (Lipinski definition) is 3. The first kappa shape index (κ1) is 19.4. The summed E-state index contributed by atoms with van der Waals surface area (Å²) in [4.78, 5) is 14.9. The predicted molar refractivity (Wildman–Crippen MR) is 107 cm³/mol. The molecule has 0 aliphatic carbocycles. The minimum Gasteiger partial charge on any atom is -0.371 e. The highest BCUT2D eigenvalue weighted by Gasteiger charge is 2.24. The third-order valence-electron chi connectivity index (χ3n) is 4.81. The van der Waals surface area contributed by atoms with Gasteiger partial charge in [-0.25, -0.2) is 4.39 Å². The van der Waals surface area contributed by atoms with Gasteiger partial charge >= 0.3 is 0 Å². The number of nitrogens with one attached hydrogen (secondary N) is 1. The monoisotopic (exact) mass is 372 g/mol. The van der Waals surface area contributed by atoms with Crippen LogP contribution >= 0.6 is 0 Å². The molecule has 1 aliphatic rings. The third-order valence-corrected chi connectivity index (χ3v) is 4.81. The number of halogens is 1. The van der Waals surface area contributed by atoms with Gasteiger partial charge in [-0.2, -0.15) is 5.10 Å². The van der Waals surface area contributed by atoms with Crippen molar-refractivity contribution in [3.63, 3.8) is 0 Å². The molecule has 1 aliphatic heterocycles. The summed E-state index contributed by atoms with van der Waals surface area (Å²) in [5.41, 5.74) is 2.40. The SMILES string of the molecule is CC(C)c1cc(C(=O)Nc2cc(F)cc(N3CCCC3)c2)nn1C(C)(C)C. The molecule has 27 heavy (non-hydrogen) atoms. The number of nitrogens with zero attached hydrogens (tertiary/aromatic N) is 3. The van der Waals surface area contributed by atoms with Gasteiger partial charge in [0, 0.05) is 30.2 Å². The van der Waals surface area contributed by atoms with Gasteiger partial charge in [-0.15, -0.1) is 0 Å². The van der Waals surface area contributed by atoms with Crippen molar-refractivity contribution in [1.82, 2.24) is 9.78 Å². The highest BCUT2D eigenvalue weighted by Crippen LogP contribution is 2.27. The fourth-order valence-electron chi connectivity index (χ4n) is 3.45. The largest absolute Gasteiger partial charge is 0.371 e. The molecule has 0 bridgehead atoms.